The van der Waals surface area contributed by atoms with Gasteiger partial charge < -0.3 is 4.74 Å². The number of rotatable bonds is 4. The molecule has 3 aliphatic carbocycles. The van der Waals surface area contributed by atoms with E-state index >= 15 is 0 Å². The van der Waals surface area contributed by atoms with Gasteiger partial charge in [0.05, 0.1) is 13.7 Å². The highest BCUT2D eigenvalue weighted by molar-refractivity contribution is 5.83. The van der Waals surface area contributed by atoms with Crippen molar-refractivity contribution in [2.24, 2.45) is 23.7 Å². The van der Waals surface area contributed by atoms with Gasteiger partial charge in [-0.15, -0.1) is 0 Å². The predicted octanol–water partition coefficient (Wildman–Crippen LogP) is 5.34. The summed E-state index contributed by atoms with van der Waals surface area (Å²) in [6, 6.07) is 20.9. The fraction of sp³-hybridized carbons (Fsp3) is 0.375. The number of carbonyl (C=O) groups is 1. The van der Waals surface area contributed by atoms with Crippen LogP contribution in [0.25, 0.3) is 5.57 Å². The van der Waals surface area contributed by atoms with Crippen molar-refractivity contribution in [3.63, 3.8) is 0 Å². The fourth-order valence-corrected chi connectivity index (χ4v) is 5.76. The normalized spacial score (nSPS) is 27.9. The standard InChI is InChI=1S/C24H25NO2/c1-27-24(26)25(15-16-8-4-2-5-9-16)23-21(17-10-6-3-7-11-17)20-18-12-13-19(14-18)22(20)23/h2-11,18-20,22H,12-15H2,1H3. The molecule has 0 heterocycles. The summed E-state index contributed by atoms with van der Waals surface area (Å²) in [7, 11) is 1.49. The summed E-state index contributed by atoms with van der Waals surface area (Å²) in [6.07, 6.45) is 3.71. The Kier molecular flexibility index (Phi) is 4.04. The van der Waals surface area contributed by atoms with Crippen molar-refractivity contribution in [1.82, 2.24) is 4.90 Å². The molecule has 1 amide bonds. The zero-order valence-electron chi connectivity index (χ0n) is 15.7. The predicted molar refractivity (Wildman–Crippen MR) is 106 cm³/mol. The van der Waals surface area contributed by atoms with Gasteiger partial charge in [0.25, 0.3) is 0 Å². The van der Waals surface area contributed by atoms with Crippen LogP contribution < -0.4 is 0 Å². The van der Waals surface area contributed by atoms with Crippen LogP contribution in [0, 0.1) is 23.7 Å². The van der Waals surface area contributed by atoms with Crippen molar-refractivity contribution < 1.29 is 9.53 Å². The molecule has 0 saturated heterocycles. The van der Waals surface area contributed by atoms with E-state index in [-0.39, 0.29) is 6.09 Å². The van der Waals surface area contributed by atoms with Gasteiger partial charge in [-0.25, -0.2) is 4.79 Å². The second-order valence-corrected chi connectivity index (χ2v) is 8.09. The van der Waals surface area contributed by atoms with Gasteiger partial charge in [0.1, 0.15) is 0 Å². The van der Waals surface area contributed by atoms with Crippen LogP contribution in [-0.2, 0) is 11.3 Å². The van der Waals surface area contributed by atoms with Crippen LogP contribution in [0.3, 0.4) is 0 Å². The fourth-order valence-electron chi connectivity index (χ4n) is 5.76. The molecule has 3 heteroatoms. The molecule has 4 unspecified atom stereocenters. The average molecular weight is 359 g/mol. The molecule has 2 aromatic rings. The Morgan fingerprint density at radius 2 is 1.59 bits per heavy atom. The van der Waals surface area contributed by atoms with E-state index in [1.165, 1.54) is 43.2 Å². The Labute approximate surface area is 160 Å². The molecule has 2 saturated carbocycles. The van der Waals surface area contributed by atoms with Crippen LogP contribution in [-0.4, -0.2) is 18.1 Å². The van der Waals surface area contributed by atoms with E-state index in [1.54, 1.807) is 0 Å². The minimum Gasteiger partial charge on any atom is -0.452 e. The molecule has 138 valence electrons. The zero-order chi connectivity index (χ0) is 18.4. The highest BCUT2D eigenvalue weighted by atomic mass is 16.5. The van der Waals surface area contributed by atoms with Gasteiger partial charge in [-0.2, -0.15) is 0 Å². The summed E-state index contributed by atoms with van der Waals surface area (Å²) in [5.74, 6) is 2.64. The maximum atomic E-state index is 12.8. The Morgan fingerprint density at radius 1 is 0.963 bits per heavy atom. The molecule has 4 atom stereocenters. The van der Waals surface area contributed by atoms with Crippen LogP contribution >= 0.6 is 0 Å². The maximum Gasteiger partial charge on any atom is 0.414 e. The van der Waals surface area contributed by atoms with Gasteiger partial charge in [-0.05, 0) is 53.7 Å². The largest absolute Gasteiger partial charge is 0.452 e. The first-order valence-electron chi connectivity index (χ1n) is 9.97. The first-order chi connectivity index (χ1) is 13.3. The van der Waals surface area contributed by atoms with E-state index in [4.69, 9.17) is 4.74 Å². The molecule has 0 aromatic heterocycles. The van der Waals surface area contributed by atoms with Crippen molar-refractivity contribution in [3.8, 4) is 0 Å². The first-order valence-corrected chi connectivity index (χ1v) is 9.97. The number of nitrogens with zero attached hydrogens (tertiary/aromatic N) is 1. The van der Waals surface area contributed by atoms with E-state index in [1.807, 2.05) is 23.1 Å². The molecular weight excluding hydrogens is 334 g/mol. The van der Waals surface area contributed by atoms with E-state index in [2.05, 4.69) is 42.5 Å². The summed E-state index contributed by atoms with van der Waals surface area (Å²) in [6.45, 7) is 0.569. The minimum atomic E-state index is -0.247. The van der Waals surface area contributed by atoms with Gasteiger partial charge in [-0.3, -0.25) is 4.90 Å². The molecule has 2 bridgehead atoms. The van der Waals surface area contributed by atoms with Gasteiger partial charge in [0.15, 0.2) is 0 Å². The number of hydrogen-bond acceptors (Lipinski definition) is 2. The Balaban J connectivity index is 1.60. The van der Waals surface area contributed by atoms with Crippen LogP contribution in [0.5, 0.6) is 0 Å². The number of methoxy groups -OCH3 is 1. The quantitative estimate of drug-likeness (QED) is 0.737. The summed E-state index contributed by atoms with van der Waals surface area (Å²) < 4.78 is 5.21. The maximum absolute atomic E-state index is 12.8. The second-order valence-electron chi connectivity index (χ2n) is 8.09. The van der Waals surface area contributed by atoms with Crippen molar-refractivity contribution in [2.45, 2.75) is 25.8 Å². The summed E-state index contributed by atoms with van der Waals surface area (Å²) >= 11 is 0. The number of fused-ring (bicyclic) bond motifs is 5. The number of amides is 1. The van der Waals surface area contributed by atoms with Gasteiger partial charge in [-0.1, -0.05) is 60.7 Å². The lowest BCUT2D eigenvalue weighted by Crippen LogP contribution is -2.45. The number of carbonyl (C=O) groups excluding carboxylic acids is 1. The Hall–Kier alpha value is -2.55. The van der Waals surface area contributed by atoms with E-state index < -0.39 is 0 Å². The molecule has 5 rings (SSSR count). The smallest absolute Gasteiger partial charge is 0.414 e. The summed E-state index contributed by atoms with van der Waals surface area (Å²) in [5, 5.41) is 0. The molecule has 2 aromatic carbocycles. The lowest BCUT2D eigenvalue weighted by Gasteiger charge is -2.48. The summed E-state index contributed by atoms with van der Waals surface area (Å²) in [5.41, 5.74) is 5.00. The highest BCUT2D eigenvalue weighted by Gasteiger charge is 2.58. The van der Waals surface area contributed by atoms with Gasteiger partial charge >= 0.3 is 6.09 Å². The number of allylic oxidation sites excluding steroid dienone is 2. The number of hydrogen-bond donors (Lipinski definition) is 0. The van der Waals surface area contributed by atoms with Crippen molar-refractivity contribution >= 4 is 11.7 Å². The average Bonchev–Trinajstić information content (AvgIpc) is 3.27. The molecular formula is C24H25NO2. The van der Waals surface area contributed by atoms with Crippen LogP contribution in [0.15, 0.2) is 66.4 Å². The Bertz CT molecular complexity index is 874. The van der Waals surface area contributed by atoms with Gasteiger partial charge in [0.2, 0.25) is 0 Å². The van der Waals surface area contributed by atoms with Crippen LogP contribution in [0.4, 0.5) is 4.79 Å². The van der Waals surface area contributed by atoms with E-state index in [0.29, 0.717) is 18.4 Å². The zero-order valence-corrected chi connectivity index (χ0v) is 15.7. The van der Waals surface area contributed by atoms with Crippen LogP contribution in [0.1, 0.15) is 30.4 Å². The molecule has 0 spiro atoms. The molecule has 2 fully saturated rings. The highest BCUT2D eigenvalue weighted by Crippen LogP contribution is 2.66. The molecule has 0 N–H and O–H groups in total. The molecule has 3 nitrogen and oxygen atoms in total. The molecule has 0 aliphatic heterocycles. The topological polar surface area (TPSA) is 29.5 Å². The number of ether oxygens (including phenoxy) is 1. The lowest BCUT2D eigenvalue weighted by molar-refractivity contribution is 0.115. The number of benzene rings is 2. The molecule has 27 heavy (non-hydrogen) atoms. The van der Waals surface area contributed by atoms with Crippen molar-refractivity contribution in [2.75, 3.05) is 7.11 Å². The first kappa shape index (κ1) is 16.6. The third-order valence-corrected chi connectivity index (χ3v) is 6.80. The van der Waals surface area contributed by atoms with Gasteiger partial charge in [0, 0.05) is 11.6 Å². The van der Waals surface area contributed by atoms with Crippen molar-refractivity contribution in [3.05, 3.63) is 77.5 Å². The lowest BCUT2D eigenvalue weighted by atomic mass is 9.62. The van der Waals surface area contributed by atoms with Crippen LogP contribution in [0.2, 0.25) is 0 Å². The SMILES string of the molecule is COC(=O)N(Cc1ccccc1)C1=C(c2ccccc2)C2C3CCC(C3)C12. The third kappa shape index (κ3) is 2.60. The Morgan fingerprint density at radius 3 is 2.26 bits per heavy atom. The monoisotopic (exact) mass is 359 g/mol. The molecule has 0 radical (unpaired) electrons. The van der Waals surface area contributed by atoms with E-state index in [9.17, 15) is 4.79 Å². The summed E-state index contributed by atoms with van der Waals surface area (Å²) in [4.78, 5) is 14.7. The van der Waals surface area contributed by atoms with E-state index in [0.717, 1.165) is 17.4 Å². The van der Waals surface area contributed by atoms with Crippen molar-refractivity contribution in [1.29, 1.82) is 0 Å². The third-order valence-electron chi connectivity index (χ3n) is 6.80. The minimum absolute atomic E-state index is 0.247. The molecule has 3 aliphatic rings. The second kappa shape index (κ2) is 6.56.